The van der Waals surface area contributed by atoms with Crippen LogP contribution in [0.2, 0.25) is 0 Å². The van der Waals surface area contributed by atoms with Crippen molar-refractivity contribution in [1.29, 1.82) is 0 Å². The van der Waals surface area contributed by atoms with Crippen LogP contribution in [0.5, 0.6) is 0 Å². The Labute approximate surface area is 133 Å². The summed E-state index contributed by atoms with van der Waals surface area (Å²) >= 11 is 0. The summed E-state index contributed by atoms with van der Waals surface area (Å²) in [5.41, 5.74) is 3.60. The molecule has 2 N–H and O–H groups in total. The lowest BCUT2D eigenvalue weighted by molar-refractivity contribution is 0.0951. The van der Waals surface area contributed by atoms with E-state index in [1.165, 1.54) is 0 Å². The number of aryl methyl sites for hydroxylation is 1. The molecule has 2 heterocycles. The van der Waals surface area contributed by atoms with Gasteiger partial charge >= 0.3 is 0 Å². The lowest BCUT2D eigenvalue weighted by Gasteiger charge is -2.01. The molecule has 0 saturated heterocycles. The highest BCUT2D eigenvalue weighted by atomic mass is 16.1. The average Bonchev–Trinajstić information content (AvgIpc) is 3.14. The minimum atomic E-state index is -0.0951. The second-order valence-corrected chi connectivity index (χ2v) is 5.55. The first-order valence-corrected chi connectivity index (χ1v) is 7.48. The number of nitrogens with one attached hydrogen (secondary N) is 2. The number of aromatic nitrogens is 3. The number of hydrogen-bond acceptors (Lipinski definition) is 2. The van der Waals surface area contributed by atoms with Crippen LogP contribution in [0.3, 0.4) is 0 Å². The number of fused-ring (bicyclic) bond motifs is 2. The Kier molecular flexibility index (Phi) is 3.12. The van der Waals surface area contributed by atoms with E-state index in [1.807, 2.05) is 66.3 Å². The quantitative estimate of drug-likeness (QED) is 0.611. The van der Waals surface area contributed by atoms with Gasteiger partial charge in [-0.25, -0.2) is 4.98 Å². The minimum Gasteiger partial charge on any atom is -0.350 e. The summed E-state index contributed by atoms with van der Waals surface area (Å²) in [6.07, 6.45) is 1.86. The van der Waals surface area contributed by atoms with E-state index in [-0.39, 0.29) is 5.91 Å². The van der Waals surface area contributed by atoms with Crippen LogP contribution >= 0.6 is 0 Å². The minimum absolute atomic E-state index is 0.0951. The van der Waals surface area contributed by atoms with E-state index in [4.69, 9.17) is 0 Å². The molecule has 0 bridgehead atoms. The molecule has 0 unspecified atom stereocenters. The maximum Gasteiger partial charge on any atom is 0.253 e. The molecule has 4 aromatic rings. The normalized spacial score (nSPS) is 11.2. The molecule has 5 nitrogen and oxygen atoms in total. The van der Waals surface area contributed by atoms with Gasteiger partial charge in [0.15, 0.2) is 0 Å². The summed E-state index contributed by atoms with van der Waals surface area (Å²) in [7, 11) is 1.94. The monoisotopic (exact) mass is 304 g/mol. The van der Waals surface area contributed by atoms with Gasteiger partial charge in [-0.1, -0.05) is 30.3 Å². The molecule has 0 spiro atoms. The van der Waals surface area contributed by atoms with E-state index < -0.39 is 0 Å². The molecular weight excluding hydrogens is 288 g/mol. The third-order valence-electron chi connectivity index (χ3n) is 4.00. The Morgan fingerprint density at radius 2 is 1.96 bits per heavy atom. The van der Waals surface area contributed by atoms with Crippen LogP contribution in [0.15, 0.2) is 54.7 Å². The predicted octanol–water partition coefficient (Wildman–Crippen LogP) is 2.98. The molecule has 4 rings (SSSR count). The van der Waals surface area contributed by atoms with Gasteiger partial charge in [-0.2, -0.15) is 0 Å². The zero-order chi connectivity index (χ0) is 15.8. The van der Waals surface area contributed by atoms with Gasteiger partial charge in [0, 0.05) is 24.1 Å². The predicted molar refractivity (Wildman–Crippen MR) is 90.2 cm³/mol. The smallest absolute Gasteiger partial charge is 0.253 e. The fourth-order valence-electron chi connectivity index (χ4n) is 2.87. The number of aromatic amines is 1. The van der Waals surface area contributed by atoms with Crippen molar-refractivity contribution in [2.24, 2.45) is 7.05 Å². The van der Waals surface area contributed by atoms with Crippen molar-refractivity contribution in [3.63, 3.8) is 0 Å². The first-order chi connectivity index (χ1) is 11.2. The molecule has 0 aliphatic rings. The lowest BCUT2D eigenvalue weighted by Crippen LogP contribution is -2.23. The van der Waals surface area contributed by atoms with Crippen LogP contribution in [0.1, 0.15) is 16.2 Å². The van der Waals surface area contributed by atoms with Crippen LogP contribution in [-0.4, -0.2) is 20.4 Å². The van der Waals surface area contributed by atoms with Gasteiger partial charge in [0.05, 0.1) is 23.1 Å². The van der Waals surface area contributed by atoms with Crippen LogP contribution in [0.25, 0.3) is 21.9 Å². The Balaban J connectivity index is 1.57. The van der Waals surface area contributed by atoms with Crippen molar-refractivity contribution in [2.75, 3.05) is 0 Å². The highest BCUT2D eigenvalue weighted by molar-refractivity contribution is 6.06. The summed E-state index contributed by atoms with van der Waals surface area (Å²) in [6.45, 7) is 0.372. The molecule has 0 fully saturated rings. The van der Waals surface area contributed by atoms with E-state index in [0.717, 1.165) is 27.8 Å². The van der Waals surface area contributed by atoms with E-state index in [9.17, 15) is 4.79 Å². The van der Waals surface area contributed by atoms with Crippen molar-refractivity contribution < 1.29 is 4.79 Å². The zero-order valence-electron chi connectivity index (χ0n) is 12.7. The van der Waals surface area contributed by atoms with E-state index >= 15 is 0 Å². The number of carbonyl (C=O) groups excluding carboxylic acids is 1. The maximum absolute atomic E-state index is 12.5. The van der Waals surface area contributed by atoms with Gasteiger partial charge in [-0.3, -0.25) is 4.79 Å². The van der Waals surface area contributed by atoms with Crippen molar-refractivity contribution in [3.8, 4) is 0 Å². The third-order valence-corrected chi connectivity index (χ3v) is 4.00. The molecule has 2 aromatic carbocycles. The number of benzene rings is 2. The summed E-state index contributed by atoms with van der Waals surface area (Å²) < 4.78 is 1.96. The molecule has 0 atom stereocenters. The maximum atomic E-state index is 12.5. The molecule has 0 aliphatic carbocycles. The molecule has 0 aliphatic heterocycles. The van der Waals surface area contributed by atoms with Gasteiger partial charge in [0.1, 0.15) is 5.82 Å². The van der Waals surface area contributed by atoms with Gasteiger partial charge in [0.25, 0.3) is 5.91 Å². The molecule has 1 amide bonds. The molecule has 114 valence electrons. The zero-order valence-corrected chi connectivity index (χ0v) is 12.7. The first-order valence-electron chi connectivity index (χ1n) is 7.48. The first kappa shape index (κ1) is 13.6. The summed E-state index contributed by atoms with van der Waals surface area (Å²) in [4.78, 5) is 20.2. The Morgan fingerprint density at radius 1 is 1.17 bits per heavy atom. The Morgan fingerprint density at radius 3 is 2.83 bits per heavy atom. The van der Waals surface area contributed by atoms with E-state index in [1.54, 1.807) is 0 Å². The Bertz CT molecular complexity index is 979. The number of carbonyl (C=O) groups is 1. The van der Waals surface area contributed by atoms with Gasteiger partial charge < -0.3 is 14.9 Å². The van der Waals surface area contributed by atoms with Crippen molar-refractivity contribution >= 4 is 27.8 Å². The average molecular weight is 304 g/mol. The van der Waals surface area contributed by atoms with Gasteiger partial charge in [0.2, 0.25) is 0 Å². The number of para-hydroxylation sites is 3. The van der Waals surface area contributed by atoms with Gasteiger partial charge in [-0.05, 0) is 18.2 Å². The summed E-state index contributed by atoms with van der Waals surface area (Å²) in [5.74, 6) is 0.655. The van der Waals surface area contributed by atoms with Crippen LogP contribution in [0, 0.1) is 0 Å². The highest BCUT2D eigenvalue weighted by Gasteiger charge is 2.13. The summed E-state index contributed by atoms with van der Waals surface area (Å²) in [6, 6.07) is 15.7. The second-order valence-electron chi connectivity index (χ2n) is 5.55. The third kappa shape index (κ3) is 2.36. The highest BCUT2D eigenvalue weighted by Crippen LogP contribution is 2.20. The molecular formula is C18H16N4O. The lowest BCUT2D eigenvalue weighted by atomic mass is 10.1. The van der Waals surface area contributed by atoms with Crippen LogP contribution < -0.4 is 5.32 Å². The fourth-order valence-corrected chi connectivity index (χ4v) is 2.87. The number of hydrogen-bond donors (Lipinski definition) is 2. The molecule has 0 saturated carbocycles. The molecule has 2 aromatic heterocycles. The standard InChI is InChI=1S/C18H16N4O/c1-22-11-13(12-6-2-5-9-16(12)22)18(23)19-10-17-20-14-7-3-4-8-15(14)21-17/h2-9,11H,10H2,1H3,(H,19,23)(H,20,21). The van der Waals surface area contributed by atoms with Crippen LogP contribution in [-0.2, 0) is 13.6 Å². The number of rotatable bonds is 3. The molecule has 5 heteroatoms. The number of nitrogens with zero attached hydrogens (tertiary/aromatic N) is 2. The topological polar surface area (TPSA) is 62.7 Å². The van der Waals surface area contributed by atoms with E-state index in [2.05, 4.69) is 15.3 Å². The largest absolute Gasteiger partial charge is 0.350 e. The fraction of sp³-hybridized carbons (Fsp3) is 0.111. The SMILES string of the molecule is Cn1cc(C(=O)NCc2nc3ccccc3[nH]2)c2ccccc21. The Hall–Kier alpha value is -3.08. The number of H-pyrrole nitrogens is 1. The van der Waals surface area contributed by atoms with E-state index in [0.29, 0.717) is 12.1 Å². The van der Waals surface area contributed by atoms with Crippen molar-refractivity contribution in [3.05, 3.63) is 66.1 Å². The number of imidazole rings is 1. The summed E-state index contributed by atoms with van der Waals surface area (Å²) in [5, 5.41) is 3.89. The molecule has 0 radical (unpaired) electrons. The van der Waals surface area contributed by atoms with Crippen molar-refractivity contribution in [1.82, 2.24) is 19.9 Å². The van der Waals surface area contributed by atoms with Crippen LogP contribution in [0.4, 0.5) is 0 Å². The van der Waals surface area contributed by atoms with Crippen molar-refractivity contribution in [2.45, 2.75) is 6.54 Å². The second kappa shape index (κ2) is 5.28. The molecule has 23 heavy (non-hydrogen) atoms. The van der Waals surface area contributed by atoms with Gasteiger partial charge in [-0.15, -0.1) is 0 Å². The number of amides is 1.